The Morgan fingerprint density at radius 3 is 2.50 bits per heavy atom. The SMILES string of the molecule is O=C(CSc1nc2c(cnn2-c2ccccc2)c(=O)[nH]1)N(c1ccccc1)[C@@H]1CCS(=O)(=O)C1. The monoisotopic (exact) mass is 495 g/mol. The lowest BCUT2D eigenvalue weighted by atomic mass is 10.2. The summed E-state index contributed by atoms with van der Waals surface area (Å²) in [6.07, 6.45) is 1.86. The second kappa shape index (κ2) is 9.07. The summed E-state index contributed by atoms with van der Waals surface area (Å²) in [5, 5.41) is 4.93. The van der Waals surface area contributed by atoms with E-state index in [1.165, 1.54) is 6.20 Å². The quantitative estimate of drug-likeness (QED) is 0.322. The van der Waals surface area contributed by atoms with Gasteiger partial charge in [-0.2, -0.15) is 5.10 Å². The molecule has 1 aliphatic heterocycles. The van der Waals surface area contributed by atoms with Gasteiger partial charge in [-0.3, -0.25) is 9.59 Å². The van der Waals surface area contributed by atoms with Gasteiger partial charge < -0.3 is 9.88 Å². The number of thioether (sulfide) groups is 1. The van der Waals surface area contributed by atoms with Crippen LogP contribution in [0.4, 0.5) is 5.69 Å². The molecule has 0 aliphatic carbocycles. The van der Waals surface area contributed by atoms with E-state index in [-0.39, 0.29) is 33.9 Å². The average molecular weight is 496 g/mol. The van der Waals surface area contributed by atoms with Crippen LogP contribution in [0.5, 0.6) is 0 Å². The van der Waals surface area contributed by atoms with Crippen molar-refractivity contribution in [2.45, 2.75) is 17.6 Å². The van der Waals surface area contributed by atoms with Gasteiger partial charge in [0.1, 0.15) is 5.39 Å². The maximum Gasteiger partial charge on any atom is 0.262 e. The second-order valence-corrected chi connectivity index (χ2v) is 11.1. The molecule has 1 amide bonds. The smallest absolute Gasteiger partial charge is 0.262 e. The molecule has 0 bridgehead atoms. The zero-order chi connectivity index (χ0) is 23.7. The van der Waals surface area contributed by atoms with Crippen molar-refractivity contribution in [1.29, 1.82) is 0 Å². The first kappa shape index (κ1) is 22.4. The molecule has 34 heavy (non-hydrogen) atoms. The van der Waals surface area contributed by atoms with Gasteiger partial charge in [0.25, 0.3) is 5.56 Å². The Kier molecular flexibility index (Phi) is 5.96. The number of anilines is 1. The molecule has 0 spiro atoms. The maximum absolute atomic E-state index is 13.3. The summed E-state index contributed by atoms with van der Waals surface area (Å²) >= 11 is 1.10. The number of hydrogen-bond acceptors (Lipinski definition) is 7. The van der Waals surface area contributed by atoms with E-state index in [1.807, 2.05) is 48.5 Å². The lowest BCUT2D eigenvalue weighted by Gasteiger charge is -2.28. The number of H-pyrrole nitrogens is 1. The van der Waals surface area contributed by atoms with Gasteiger partial charge in [-0.15, -0.1) is 0 Å². The zero-order valence-corrected chi connectivity index (χ0v) is 19.6. The molecule has 3 heterocycles. The minimum absolute atomic E-state index is 0.0145. The van der Waals surface area contributed by atoms with E-state index in [0.29, 0.717) is 23.1 Å². The van der Waals surface area contributed by atoms with Crippen molar-refractivity contribution in [3.63, 3.8) is 0 Å². The summed E-state index contributed by atoms with van der Waals surface area (Å²) in [4.78, 5) is 34.7. The Balaban J connectivity index is 1.41. The maximum atomic E-state index is 13.3. The number of benzene rings is 2. The van der Waals surface area contributed by atoms with E-state index in [0.717, 1.165) is 17.4 Å². The number of para-hydroxylation sites is 2. The van der Waals surface area contributed by atoms with Gasteiger partial charge >= 0.3 is 0 Å². The van der Waals surface area contributed by atoms with Crippen molar-refractivity contribution in [2.24, 2.45) is 0 Å². The minimum Gasteiger partial charge on any atom is -0.308 e. The molecule has 4 aromatic rings. The lowest BCUT2D eigenvalue weighted by molar-refractivity contribution is -0.116. The van der Waals surface area contributed by atoms with Crippen molar-refractivity contribution in [2.75, 3.05) is 22.2 Å². The Morgan fingerprint density at radius 1 is 1.12 bits per heavy atom. The van der Waals surface area contributed by atoms with Gasteiger partial charge in [0.05, 0.1) is 35.2 Å². The normalized spacial score (nSPS) is 17.1. The summed E-state index contributed by atoms with van der Waals surface area (Å²) in [7, 11) is -3.17. The molecule has 11 heteroatoms. The molecule has 1 saturated heterocycles. The topological polar surface area (TPSA) is 118 Å². The first-order valence-corrected chi connectivity index (χ1v) is 13.5. The number of nitrogens with one attached hydrogen (secondary N) is 1. The molecule has 1 fully saturated rings. The van der Waals surface area contributed by atoms with Gasteiger partial charge in [-0.1, -0.05) is 48.2 Å². The van der Waals surface area contributed by atoms with Crippen molar-refractivity contribution in [1.82, 2.24) is 19.7 Å². The van der Waals surface area contributed by atoms with E-state index < -0.39 is 15.9 Å². The molecule has 174 valence electrons. The van der Waals surface area contributed by atoms with Crippen LogP contribution in [-0.2, 0) is 14.6 Å². The molecule has 1 atom stereocenters. The number of carbonyl (C=O) groups excluding carboxylic acids is 1. The van der Waals surface area contributed by atoms with Gasteiger partial charge in [0, 0.05) is 5.69 Å². The Labute approximate surface area is 199 Å². The number of hydrogen-bond donors (Lipinski definition) is 1. The molecule has 1 N–H and O–H groups in total. The zero-order valence-electron chi connectivity index (χ0n) is 18.0. The minimum atomic E-state index is -3.17. The molecule has 0 radical (unpaired) electrons. The number of carbonyl (C=O) groups is 1. The molecule has 5 rings (SSSR count). The molecule has 2 aromatic heterocycles. The van der Waals surface area contributed by atoms with Crippen LogP contribution in [0.1, 0.15) is 6.42 Å². The third-order valence-corrected chi connectivity index (χ3v) is 8.23. The van der Waals surface area contributed by atoms with Crippen LogP contribution in [0, 0.1) is 0 Å². The highest BCUT2D eigenvalue weighted by Gasteiger charge is 2.35. The highest BCUT2D eigenvalue weighted by molar-refractivity contribution is 7.99. The predicted molar refractivity (Wildman–Crippen MR) is 131 cm³/mol. The molecule has 2 aromatic carbocycles. The van der Waals surface area contributed by atoms with Crippen LogP contribution in [0.25, 0.3) is 16.7 Å². The van der Waals surface area contributed by atoms with Crippen molar-refractivity contribution in [3.05, 3.63) is 77.2 Å². The Bertz CT molecular complexity index is 1500. The summed E-state index contributed by atoms with van der Waals surface area (Å²) in [6, 6.07) is 18.0. The highest BCUT2D eigenvalue weighted by Crippen LogP contribution is 2.26. The highest BCUT2D eigenvalue weighted by atomic mass is 32.2. The molecule has 9 nitrogen and oxygen atoms in total. The molecule has 0 unspecified atom stereocenters. The number of fused-ring (bicyclic) bond motifs is 1. The lowest BCUT2D eigenvalue weighted by Crippen LogP contribution is -2.42. The van der Waals surface area contributed by atoms with Crippen LogP contribution in [-0.4, -0.2) is 57.4 Å². The average Bonchev–Trinajstić information content (AvgIpc) is 3.42. The largest absolute Gasteiger partial charge is 0.308 e. The molecular weight excluding hydrogens is 474 g/mol. The summed E-state index contributed by atoms with van der Waals surface area (Å²) < 4.78 is 25.7. The standard InChI is InChI=1S/C23H21N5O4S2/c29-20(27(16-7-3-1-4-8-16)18-11-12-34(31,32)15-18)14-33-23-25-21-19(22(30)26-23)13-24-28(21)17-9-5-2-6-10-17/h1-10,13,18H,11-12,14-15H2,(H,25,26,30)/t18-/m1/s1. The van der Waals surface area contributed by atoms with Crippen LogP contribution in [0.15, 0.2) is 76.8 Å². The van der Waals surface area contributed by atoms with E-state index in [9.17, 15) is 18.0 Å². The first-order valence-electron chi connectivity index (χ1n) is 10.6. The number of aromatic nitrogens is 4. The number of rotatable bonds is 6. The summed E-state index contributed by atoms with van der Waals surface area (Å²) in [5.74, 6) is -0.261. The molecular formula is C23H21N5O4S2. The summed E-state index contributed by atoms with van der Waals surface area (Å²) in [6.45, 7) is 0. The fourth-order valence-corrected chi connectivity index (χ4v) is 6.47. The van der Waals surface area contributed by atoms with Crippen LogP contribution in [0.2, 0.25) is 0 Å². The van der Waals surface area contributed by atoms with Gasteiger partial charge in [-0.05, 0) is 30.7 Å². The molecule has 1 aliphatic rings. The van der Waals surface area contributed by atoms with Gasteiger partial charge in [-0.25, -0.2) is 18.1 Å². The Hall–Kier alpha value is -3.44. The van der Waals surface area contributed by atoms with E-state index >= 15 is 0 Å². The van der Waals surface area contributed by atoms with Crippen molar-refractivity contribution < 1.29 is 13.2 Å². The van der Waals surface area contributed by atoms with Crippen LogP contribution < -0.4 is 10.5 Å². The third kappa shape index (κ3) is 4.48. The fourth-order valence-electron chi connectivity index (χ4n) is 4.05. The Morgan fingerprint density at radius 2 is 1.82 bits per heavy atom. The second-order valence-electron chi connectivity index (χ2n) is 7.95. The summed E-state index contributed by atoms with van der Waals surface area (Å²) in [5.41, 5.74) is 1.46. The van der Waals surface area contributed by atoms with Crippen molar-refractivity contribution >= 4 is 44.2 Å². The van der Waals surface area contributed by atoms with E-state index in [4.69, 9.17) is 0 Å². The third-order valence-electron chi connectivity index (χ3n) is 5.63. The number of sulfone groups is 1. The fraction of sp³-hybridized carbons (Fsp3) is 0.217. The van der Waals surface area contributed by atoms with Gasteiger partial charge in [0.15, 0.2) is 20.6 Å². The first-order chi connectivity index (χ1) is 16.4. The number of nitrogens with zero attached hydrogens (tertiary/aromatic N) is 4. The van der Waals surface area contributed by atoms with Crippen LogP contribution in [0.3, 0.4) is 0 Å². The predicted octanol–water partition coefficient (Wildman–Crippen LogP) is 2.42. The molecule has 0 saturated carbocycles. The number of aromatic amines is 1. The van der Waals surface area contributed by atoms with E-state index in [1.54, 1.807) is 21.7 Å². The van der Waals surface area contributed by atoms with Crippen molar-refractivity contribution in [3.8, 4) is 5.69 Å². The van der Waals surface area contributed by atoms with Crippen LogP contribution >= 0.6 is 11.8 Å². The van der Waals surface area contributed by atoms with Gasteiger partial charge in [0.2, 0.25) is 5.91 Å². The number of amides is 1. The van der Waals surface area contributed by atoms with E-state index in [2.05, 4.69) is 15.1 Å².